The van der Waals surface area contributed by atoms with Crippen LogP contribution in [0.3, 0.4) is 0 Å². The molecule has 5 heteroatoms. The number of fused-ring (bicyclic) bond motifs is 1. The summed E-state index contributed by atoms with van der Waals surface area (Å²) in [6.07, 6.45) is 2.72. The van der Waals surface area contributed by atoms with Crippen molar-refractivity contribution in [3.63, 3.8) is 0 Å². The van der Waals surface area contributed by atoms with Gasteiger partial charge in [-0.05, 0) is 42.9 Å². The number of aliphatic hydroxyl groups is 1. The lowest BCUT2D eigenvalue weighted by atomic mass is 10.1. The van der Waals surface area contributed by atoms with Crippen LogP contribution >= 0.6 is 0 Å². The Labute approximate surface area is 117 Å². The highest BCUT2D eigenvalue weighted by atomic mass is 16.3. The van der Waals surface area contributed by atoms with Gasteiger partial charge in [0.25, 0.3) is 5.91 Å². The summed E-state index contributed by atoms with van der Waals surface area (Å²) in [5, 5.41) is 15.1. The Morgan fingerprint density at radius 1 is 1.40 bits per heavy atom. The largest absolute Gasteiger partial charge is 0.393 e. The van der Waals surface area contributed by atoms with Crippen molar-refractivity contribution >= 4 is 17.5 Å². The van der Waals surface area contributed by atoms with E-state index in [1.54, 1.807) is 12.1 Å². The predicted molar refractivity (Wildman–Crippen MR) is 74.5 cm³/mol. The molecular formula is C15H18N2O3. The highest BCUT2D eigenvalue weighted by Gasteiger charge is 2.23. The van der Waals surface area contributed by atoms with E-state index in [2.05, 4.69) is 10.6 Å². The third kappa shape index (κ3) is 2.67. The number of carbonyl (C=O) groups is 2. The SMILES string of the molecule is O=C1Cc2ccc(C(=O)NCC3CCC(O)C3)cc2N1. The smallest absolute Gasteiger partial charge is 0.251 e. The van der Waals surface area contributed by atoms with Crippen molar-refractivity contribution in [2.75, 3.05) is 11.9 Å². The second-order valence-electron chi connectivity index (χ2n) is 5.64. The number of hydrogen-bond acceptors (Lipinski definition) is 3. The molecule has 0 aromatic heterocycles. The van der Waals surface area contributed by atoms with Gasteiger partial charge >= 0.3 is 0 Å². The summed E-state index contributed by atoms with van der Waals surface area (Å²) in [6, 6.07) is 5.29. The molecule has 1 aliphatic carbocycles. The number of benzene rings is 1. The fourth-order valence-electron chi connectivity index (χ4n) is 2.93. The van der Waals surface area contributed by atoms with Crippen molar-refractivity contribution in [3.05, 3.63) is 29.3 Å². The van der Waals surface area contributed by atoms with Crippen LogP contribution < -0.4 is 10.6 Å². The molecule has 0 bridgehead atoms. The molecule has 0 radical (unpaired) electrons. The molecule has 1 fully saturated rings. The first kappa shape index (κ1) is 13.1. The van der Waals surface area contributed by atoms with Crippen LogP contribution in [-0.4, -0.2) is 29.6 Å². The van der Waals surface area contributed by atoms with Crippen molar-refractivity contribution in [1.82, 2.24) is 5.32 Å². The first-order valence-corrected chi connectivity index (χ1v) is 7.01. The lowest BCUT2D eigenvalue weighted by molar-refractivity contribution is -0.115. The molecule has 3 N–H and O–H groups in total. The minimum absolute atomic E-state index is 0.0301. The van der Waals surface area contributed by atoms with Crippen molar-refractivity contribution in [2.45, 2.75) is 31.8 Å². The summed E-state index contributed by atoms with van der Waals surface area (Å²) in [6.45, 7) is 0.597. The maximum atomic E-state index is 12.1. The number of rotatable bonds is 3. The second kappa shape index (κ2) is 5.25. The average molecular weight is 274 g/mol. The Balaban J connectivity index is 1.60. The molecule has 1 saturated carbocycles. The molecule has 1 aromatic carbocycles. The van der Waals surface area contributed by atoms with Crippen LogP contribution in [0.1, 0.15) is 35.2 Å². The molecule has 2 atom stereocenters. The highest BCUT2D eigenvalue weighted by molar-refractivity contribution is 6.02. The van der Waals surface area contributed by atoms with Gasteiger partial charge in [0.1, 0.15) is 0 Å². The van der Waals surface area contributed by atoms with Crippen molar-refractivity contribution in [2.24, 2.45) is 5.92 Å². The van der Waals surface area contributed by atoms with E-state index in [4.69, 9.17) is 0 Å². The van der Waals surface area contributed by atoms with Crippen LogP contribution in [0.2, 0.25) is 0 Å². The molecule has 106 valence electrons. The van der Waals surface area contributed by atoms with Crippen LogP contribution in [0.4, 0.5) is 5.69 Å². The van der Waals surface area contributed by atoms with Gasteiger partial charge in [-0.2, -0.15) is 0 Å². The third-order valence-electron chi connectivity index (χ3n) is 4.06. The summed E-state index contributed by atoms with van der Waals surface area (Å²) in [5.41, 5.74) is 2.23. The highest BCUT2D eigenvalue weighted by Crippen LogP contribution is 2.25. The summed E-state index contributed by atoms with van der Waals surface area (Å²) < 4.78 is 0. The first-order chi connectivity index (χ1) is 9.61. The number of aliphatic hydroxyl groups excluding tert-OH is 1. The van der Waals surface area contributed by atoms with Crippen LogP contribution in [0.15, 0.2) is 18.2 Å². The van der Waals surface area contributed by atoms with Crippen molar-refractivity contribution in [1.29, 1.82) is 0 Å². The van der Waals surface area contributed by atoms with Gasteiger partial charge in [0.05, 0.1) is 12.5 Å². The van der Waals surface area contributed by atoms with Crippen LogP contribution in [0.25, 0.3) is 0 Å². The normalized spacial score (nSPS) is 24.4. The molecule has 1 aromatic rings. The first-order valence-electron chi connectivity index (χ1n) is 7.01. The number of hydrogen-bond donors (Lipinski definition) is 3. The van der Waals surface area contributed by atoms with Gasteiger partial charge in [0.15, 0.2) is 0 Å². The van der Waals surface area contributed by atoms with Crippen molar-refractivity contribution in [3.8, 4) is 0 Å². The monoisotopic (exact) mass is 274 g/mol. The van der Waals surface area contributed by atoms with Crippen LogP contribution in [-0.2, 0) is 11.2 Å². The fourth-order valence-corrected chi connectivity index (χ4v) is 2.93. The summed E-state index contributed by atoms with van der Waals surface area (Å²) in [7, 11) is 0. The zero-order valence-electron chi connectivity index (χ0n) is 11.2. The predicted octanol–water partition coefficient (Wildman–Crippen LogP) is 1.07. The van der Waals surface area contributed by atoms with Gasteiger partial charge in [0.2, 0.25) is 5.91 Å². The van der Waals surface area contributed by atoms with Gasteiger partial charge in [-0.1, -0.05) is 6.07 Å². The molecule has 1 heterocycles. The maximum absolute atomic E-state index is 12.1. The standard InChI is InChI=1S/C15H18N2O3/c18-12-4-1-9(5-12)8-16-15(20)11-3-2-10-7-14(19)17-13(10)6-11/h2-3,6,9,12,18H,1,4-5,7-8H2,(H,16,20)(H,17,19). The van der Waals surface area contributed by atoms with Crippen LogP contribution in [0, 0.1) is 5.92 Å². The van der Waals surface area contributed by atoms with E-state index < -0.39 is 0 Å². The molecule has 0 saturated heterocycles. The maximum Gasteiger partial charge on any atom is 0.251 e. The Bertz CT molecular complexity index is 556. The minimum Gasteiger partial charge on any atom is -0.393 e. The number of amides is 2. The molecule has 3 rings (SSSR count). The number of carbonyl (C=O) groups excluding carboxylic acids is 2. The van der Waals surface area contributed by atoms with Crippen molar-refractivity contribution < 1.29 is 14.7 Å². The molecule has 20 heavy (non-hydrogen) atoms. The van der Waals surface area contributed by atoms with E-state index in [1.165, 1.54) is 0 Å². The Morgan fingerprint density at radius 2 is 2.25 bits per heavy atom. The summed E-state index contributed by atoms with van der Waals surface area (Å²) in [5.74, 6) is 0.205. The minimum atomic E-state index is -0.216. The zero-order valence-corrected chi connectivity index (χ0v) is 11.2. The van der Waals surface area contributed by atoms with Gasteiger partial charge in [-0.15, -0.1) is 0 Å². The van der Waals surface area contributed by atoms with Crippen LogP contribution in [0.5, 0.6) is 0 Å². The van der Waals surface area contributed by atoms with Gasteiger partial charge in [-0.3, -0.25) is 9.59 Å². The Hall–Kier alpha value is -1.88. The molecular weight excluding hydrogens is 256 g/mol. The lowest BCUT2D eigenvalue weighted by Crippen LogP contribution is -2.28. The fraction of sp³-hybridized carbons (Fsp3) is 0.467. The van der Waals surface area contributed by atoms with E-state index >= 15 is 0 Å². The van der Waals surface area contributed by atoms with E-state index in [0.29, 0.717) is 24.4 Å². The lowest BCUT2D eigenvalue weighted by Gasteiger charge is -2.11. The number of anilines is 1. The third-order valence-corrected chi connectivity index (χ3v) is 4.06. The summed E-state index contributed by atoms with van der Waals surface area (Å²) >= 11 is 0. The molecule has 0 spiro atoms. The van der Waals surface area contributed by atoms with Gasteiger partial charge in [-0.25, -0.2) is 0 Å². The van der Waals surface area contributed by atoms with Gasteiger partial charge in [0, 0.05) is 17.8 Å². The topological polar surface area (TPSA) is 78.4 Å². The quantitative estimate of drug-likeness (QED) is 0.771. The van der Waals surface area contributed by atoms with E-state index in [9.17, 15) is 14.7 Å². The molecule has 2 unspecified atom stereocenters. The number of nitrogens with one attached hydrogen (secondary N) is 2. The van der Waals surface area contributed by atoms with Gasteiger partial charge < -0.3 is 15.7 Å². The molecule has 2 amide bonds. The molecule has 1 aliphatic heterocycles. The molecule has 5 nitrogen and oxygen atoms in total. The Kier molecular flexibility index (Phi) is 3.44. The Morgan fingerprint density at radius 3 is 3.00 bits per heavy atom. The van der Waals surface area contributed by atoms with E-state index in [1.807, 2.05) is 6.07 Å². The van der Waals surface area contributed by atoms with E-state index in [-0.39, 0.29) is 17.9 Å². The molecule has 2 aliphatic rings. The second-order valence-corrected chi connectivity index (χ2v) is 5.64. The average Bonchev–Trinajstić information content (AvgIpc) is 2.99. The summed E-state index contributed by atoms with van der Waals surface area (Å²) in [4.78, 5) is 23.4. The zero-order chi connectivity index (χ0) is 14.1. The van der Waals surface area contributed by atoms with E-state index in [0.717, 1.165) is 30.5 Å².